The van der Waals surface area contributed by atoms with E-state index in [2.05, 4.69) is 15.1 Å². The molecule has 0 radical (unpaired) electrons. The molecule has 94 valence electrons. The second kappa shape index (κ2) is 4.05. The summed E-state index contributed by atoms with van der Waals surface area (Å²) in [4.78, 5) is 19.7. The normalized spacial score (nSPS) is 10.7. The Morgan fingerprint density at radius 2 is 2.05 bits per heavy atom. The summed E-state index contributed by atoms with van der Waals surface area (Å²) in [7, 11) is 0. The van der Waals surface area contributed by atoms with E-state index in [1.165, 1.54) is 11.0 Å². The van der Waals surface area contributed by atoms with E-state index in [-0.39, 0.29) is 11.5 Å². The van der Waals surface area contributed by atoms with Crippen molar-refractivity contribution in [3.8, 4) is 5.82 Å². The quantitative estimate of drug-likeness (QED) is 0.691. The standard InChI is InChI=1S/C12H10N6O/c13-10(19)8-5-7-3-1-2-4-9(7)16-11(8)18-6-15-12(14)17-18/h1-6H,(H2,13,19)(H2,14,17). The first-order valence-electron chi connectivity index (χ1n) is 5.52. The van der Waals surface area contributed by atoms with Gasteiger partial charge in [0.25, 0.3) is 5.91 Å². The number of anilines is 1. The number of carbonyl (C=O) groups excluding carboxylic acids is 1. The Balaban J connectivity index is 2.32. The van der Waals surface area contributed by atoms with Crippen LogP contribution in [-0.2, 0) is 0 Å². The molecule has 3 aromatic rings. The molecule has 0 bridgehead atoms. The fourth-order valence-electron chi connectivity index (χ4n) is 1.84. The number of rotatable bonds is 2. The Morgan fingerprint density at radius 3 is 2.74 bits per heavy atom. The minimum atomic E-state index is -0.581. The number of nitrogen functional groups attached to an aromatic ring is 1. The number of nitrogens with two attached hydrogens (primary N) is 2. The fourth-order valence-corrected chi connectivity index (χ4v) is 1.84. The number of fused-ring (bicyclic) bond motifs is 1. The predicted molar refractivity (Wildman–Crippen MR) is 69.6 cm³/mol. The highest BCUT2D eigenvalue weighted by molar-refractivity contribution is 5.99. The number of hydrogen-bond acceptors (Lipinski definition) is 5. The van der Waals surface area contributed by atoms with Crippen LogP contribution < -0.4 is 11.5 Å². The Morgan fingerprint density at radius 1 is 1.26 bits per heavy atom. The zero-order chi connectivity index (χ0) is 13.4. The van der Waals surface area contributed by atoms with Gasteiger partial charge in [-0.15, -0.1) is 5.10 Å². The number of pyridine rings is 1. The highest BCUT2D eigenvalue weighted by atomic mass is 16.1. The smallest absolute Gasteiger partial charge is 0.252 e. The average molecular weight is 254 g/mol. The second-order valence-corrected chi connectivity index (χ2v) is 3.96. The number of amides is 1. The third kappa shape index (κ3) is 1.86. The van der Waals surface area contributed by atoms with E-state index in [0.717, 1.165) is 10.9 Å². The fraction of sp³-hybridized carbons (Fsp3) is 0. The molecule has 4 N–H and O–H groups in total. The minimum Gasteiger partial charge on any atom is -0.366 e. The first-order chi connectivity index (χ1) is 9.15. The molecule has 7 nitrogen and oxygen atoms in total. The molecule has 0 fully saturated rings. The van der Waals surface area contributed by atoms with Crippen molar-refractivity contribution in [2.75, 3.05) is 5.73 Å². The van der Waals surface area contributed by atoms with Crippen LogP contribution in [0.15, 0.2) is 36.7 Å². The molecule has 1 amide bonds. The summed E-state index contributed by atoms with van der Waals surface area (Å²) in [6, 6.07) is 9.09. The lowest BCUT2D eigenvalue weighted by Crippen LogP contribution is -2.16. The van der Waals surface area contributed by atoms with E-state index in [4.69, 9.17) is 11.5 Å². The molecule has 0 saturated heterocycles. The molecule has 0 aliphatic rings. The maximum Gasteiger partial charge on any atom is 0.252 e. The lowest BCUT2D eigenvalue weighted by molar-refractivity contribution is 0.1000. The highest BCUT2D eigenvalue weighted by Gasteiger charge is 2.14. The summed E-state index contributed by atoms with van der Waals surface area (Å²) in [5, 5.41) is 4.77. The summed E-state index contributed by atoms with van der Waals surface area (Å²) >= 11 is 0. The van der Waals surface area contributed by atoms with Crippen LogP contribution in [-0.4, -0.2) is 25.7 Å². The molecule has 0 saturated carbocycles. The number of aromatic nitrogens is 4. The van der Waals surface area contributed by atoms with Gasteiger partial charge in [0.1, 0.15) is 6.33 Å². The zero-order valence-electron chi connectivity index (χ0n) is 9.82. The third-order valence-electron chi connectivity index (χ3n) is 2.70. The van der Waals surface area contributed by atoms with E-state index in [1.54, 1.807) is 6.07 Å². The van der Waals surface area contributed by atoms with Gasteiger partial charge in [0.2, 0.25) is 5.95 Å². The minimum absolute atomic E-state index is 0.102. The van der Waals surface area contributed by atoms with E-state index in [1.807, 2.05) is 24.3 Å². The van der Waals surface area contributed by atoms with Crippen LogP contribution in [0, 0.1) is 0 Å². The SMILES string of the molecule is NC(=O)c1cc2ccccc2nc1-n1cnc(N)n1. The summed E-state index contributed by atoms with van der Waals surface area (Å²) in [5.41, 5.74) is 11.8. The van der Waals surface area contributed by atoms with Crippen molar-refractivity contribution >= 4 is 22.8 Å². The van der Waals surface area contributed by atoms with Crippen molar-refractivity contribution in [1.29, 1.82) is 0 Å². The Labute approximate surface area is 107 Å². The van der Waals surface area contributed by atoms with E-state index in [0.29, 0.717) is 5.82 Å². The summed E-state index contributed by atoms with van der Waals surface area (Å²) in [6.45, 7) is 0. The van der Waals surface area contributed by atoms with Crippen LogP contribution in [0.3, 0.4) is 0 Å². The van der Waals surface area contributed by atoms with Crippen LogP contribution in [0.4, 0.5) is 5.95 Å². The topological polar surface area (TPSA) is 113 Å². The van der Waals surface area contributed by atoms with Gasteiger partial charge in [0.15, 0.2) is 5.82 Å². The molecule has 19 heavy (non-hydrogen) atoms. The lowest BCUT2D eigenvalue weighted by atomic mass is 10.1. The number of primary amides is 1. The van der Waals surface area contributed by atoms with Crippen molar-refractivity contribution in [3.63, 3.8) is 0 Å². The molecule has 7 heteroatoms. The van der Waals surface area contributed by atoms with Gasteiger partial charge in [-0.3, -0.25) is 4.79 Å². The summed E-state index contributed by atoms with van der Waals surface area (Å²) in [5.74, 6) is -0.164. The van der Waals surface area contributed by atoms with Gasteiger partial charge in [-0.2, -0.15) is 4.68 Å². The number of hydrogen-bond donors (Lipinski definition) is 2. The van der Waals surface area contributed by atoms with Crippen molar-refractivity contribution in [3.05, 3.63) is 42.2 Å². The molecular formula is C12H10N6O. The average Bonchev–Trinajstić information content (AvgIpc) is 2.83. The first-order valence-corrected chi connectivity index (χ1v) is 5.52. The molecule has 1 aromatic carbocycles. The highest BCUT2D eigenvalue weighted by Crippen LogP contribution is 2.19. The van der Waals surface area contributed by atoms with Crippen LogP contribution in [0.25, 0.3) is 16.7 Å². The molecule has 0 aliphatic carbocycles. The zero-order valence-corrected chi connectivity index (χ0v) is 9.82. The Bertz CT molecular complexity index is 779. The number of para-hydroxylation sites is 1. The van der Waals surface area contributed by atoms with Crippen molar-refractivity contribution in [2.24, 2.45) is 5.73 Å². The van der Waals surface area contributed by atoms with Gasteiger partial charge in [0.05, 0.1) is 11.1 Å². The van der Waals surface area contributed by atoms with Crippen molar-refractivity contribution in [1.82, 2.24) is 19.7 Å². The van der Waals surface area contributed by atoms with E-state index < -0.39 is 5.91 Å². The number of carbonyl (C=O) groups is 1. The van der Waals surface area contributed by atoms with Crippen molar-refractivity contribution < 1.29 is 4.79 Å². The van der Waals surface area contributed by atoms with Gasteiger partial charge in [-0.05, 0) is 12.1 Å². The Kier molecular flexibility index (Phi) is 2.38. The lowest BCUT2D eigenvalue weighted by Gasteiger charge is -2.07. The third-order valence-corrected chi connectivity index (χ3v) is 2.70. The summed E-state index contributed by atoms with van der Waals surface area (Å²) < 4.78 is 1.34. The van der Waals surface area contributed by atoms with Crippen molar-refractivity contribution in [2.45, 2.75) is 0 Å². The van der Waals surface area contributed by atoms with Crippen LogP contribution in [0.5, 0.6) is 0 Å². The number of nitrogens with zero attached hydrogens (tertiary/aromatic N) is 4. The van der Waals surface area contributed by atoms with E-state index in [9.17, 15) is 4.79 Å². The van der Waals surface area contributed by atoms with Gasteiger partial charge < -0.3 is 11.5 Å². The van der Waals surface area contributed by atoms with Crippen LogP contribution in [0.2, 0.25) is 0 Å². The molecule has 2 aromatic heterocycles. The van der Waals surface area contributed by atoms with E-state index >= 15 is 0 Å². The van der Waals surface area contributed by atoms with Crippen LogP contribution >= 0.6 is 0 Å². The molecule has 0 spiro atoms. The summed E-state index contributed by atoms with van der Waals surface area (Å²) in [6.07, 6.45) is 1.39. The van der Waals surface area contributed by atoms with Gasteiger partial charge in [0, 0.05) is 5.39 Å². The maximum atomic E-state index is 11.5. The van der Waals surface area contributed by atoms with Gasteiger partial charge >= 0.3 is 0 Å². The second-order valence-electron chi connectivity index (χ2n) is 3.96. The molecule has 0 atom stereocenters. The molecule has 2 heterocycles. The van der Waals surface area contributed by atoms with Crippen LogP contribution in [0.1, 0.15) is 10.4 Å². The molecule has 0 aliphatic heterocycles. The maximum absolute atomic E-state index is 11.5. The first kappa shape index (κ1) is 11.1. The molecule has 3 rings (SSSR count). The molecule has 0 unspecified atom stereocenters. The van der Waals surface area contributed by atoms with Gasteiger partial charge in [-0.1, -0.05) is 18.2 Å². The monoisotopic (exact) mass is 254 g/mol. The number of benzene rings is 1. The van der Waals surface area contributed by atoms with Gasteiger partial charge in [-0.25, -0.2) is 9.97 Å². The molecular weight excluding hydrogens is 244 g/mol. The predicted octanol–water partition coefficient (Wildman–Crippen LogP) is 0.497. The largest absolute Gasteiger partial charge is 0.366 e. The Hall–Kier alpha value is -2.96.